The summed E-state index contributed by atoms with van der Waals surface area (Å²) in [5.41, 5.74) is 0. The lowest BCUT2D eigenvalue weighted by atomic mass is 10.1. The van der Waals surface area contributed by atoms with E-state index in [1.807, 2.05) is 0 Å². The first kappa shape index (κ1) is 60.0. The van der Waals surface area contributed by atoms with Gasteiger partial charge in [-0.2, -0.15) is 0 Å². The first-order valence-electron chi connectivity index (χ1n) is 24.9. The summed E-state index contributed by atoms with van der Waals surface area (Å²) >= 11 is 0. The number of carboxylic acids is 1. The number of carboxylic acid groups (broad SMARTS) is 1. The van der Waals surface area contributed by atoms with E-state index >= 15 is 0 Å². The average molecular weight is 890 g/mol. The summed E-state index contributed by atoms with van der Waals surface area (Å²) in [4.78, 5) is 37.0. The van der Waals surface area contributed by atoms with E-state index in [4.69, 9.17) is 14.2 Å². The fourth-order valence-electron chi connectivity index (χ4n) is 6.55. The molecule has 0 heterocycles. The number of carbonyl (C=O) groups is 3. The Morgan fingerprint density at radius 2 is 0.875 bits per heavy atom. The molecular formula is C56H91NO7. The lowest BCUT2D eigenvalue weighted by Gasteiger charge is -2.34. The van der Waals surface area contributed by atoms with Crippen molar-refractivity contribution < 1.29 is 38.2 Å². The van der Waals surface area contributed by atoms with Crippen molar-refractivity contribution >= 4 is 17.9 Å². The molecule has 0 saturated heterocycles. The Labute approximate surface area is 391 Å². The standard InChI is InChI=1S/C56H91NO7/c1-6-8-10-12-14-16-18-20-22-24-26-27-29-30-32-34-36-38-40-42-44-46-54(58)63-51-52(50-62-49-48-53(56(60)61)57(3,4)5)64-55(59)47-45-43-41-39-37-35-33-31-28-25-23-21-19-17-15-13-11-9-7-2/h9,11,14-17,20-23,26-28,30-32,36,38,52-53H,6-8,10,12-13,18-19,24-25,29,33-35,37,39-51H2,1-5H3/b11-9+,16-14+,17-15+,22-20+,23-21+,27-26+,31-28+,32-30+,38-36+. The van der Waals surface area contributed by atoms with Crippen molar-refractivity contribution in [2.45, 2.75) is 187 Å². The monoisotopic (exact) mass is 890 g/mol. The summed E-state index contributed by atoms with van der Waals surface area (Å²) in [6.45, 7) is 4.44. The quantitative estimate of drug-likeness (QED) is 0.0260. The van der Waals surface area contributed by atoms with Crippen molar-refractivity contribution in [3.05, 3.63) is 109 Å². The highest BCUT2D eigenvalue weighted by molar-refractivity contribution is 5.70. The van der Waals surface area contributed by atoms with Gasteiger partial charge in [-0.15, -0.1) is 0 Å². The number of unbranched alkanes of at least 4 members (excludes halogenated alkanes) is 11. The number of hydrogen-bond donors (Lipinski definition) is 0. The van der Waals surface area contributed by atoms with E-state index in [2.05, 4.69) is 123 Å². The minimum absolute atomic E-state index is 0.0133. The SMILES string of the molecule is CC/C=C/C/C=C/C/C=C/C/C=C/CCCCCCCCC(=O)OC(COCCC(C(=O)[O-])[N+](C)(C)C)COC(=O)CCCC/C=C/C/C=C/C/C=C/C/C=C/C/C=C/CCCCC. The first-order valence-corrected chi connectivity index (χ1v) is 24.9. The van der Waals surface area contributed by atoms with E-state index in [9.17, 15) is 19.5 Å². The number of hydrogen-bond acceptors (Lipinski definition) is 7. The largest absolute Gasteiger partial charge is 0.544 e. The molecule has 0 aromatic rings. The summed E-state index contributed by atoms with van der Waals surface area (Å²) in [6.07, 6.45) is 62.6. The molecule has 0 saturated carbocycles. The van der Waals surface area contributed by atoms with Crippen LogP contribution in [-0.2, 0) is 28.6 Å². The predicted octanol–water partition coefficient (Wildman–Crippen LogP) is 13.1. The van der Waals surface area contributed by atoms with Gasteiger partial charge in [0.1, 0.15) is 12.6 Å². The fraction of sp³-hybridized carbons (Fsp3) is 0.625. The Balaban J connectivity index is 4.41. The third-order valence-corrected chi connectivity index (χ3v) is 10.4. The molecule has 0 aliphatic carbocycles. The molecule has 0 bridgehead atoms. The van der Waals surface area contributed by atoms with Gasteiger partial charge in [-0.1, -0.05) is 162 Å². The second kappa shape index (κ2) is 45.6. The van der Waals surface area contributed by atoms with Crippen LogP contribution in [0.1, 0.15) is 174 Å². The molecule has 0 aromatic heterocycles. The van der Waals surface area contributed by atoms with Crippen LogP contribution < -0.4 is 5.11 Å². The van der Waals surface area contributed by atoms with Crippen molar-refractivity contribution in [3.63, 3.8) is 0 Å². The Morgan fingerprint density at radius 1 is 0.484 bits per heavy atom. The van der Waals surface area contributed by atoms with Crippen molar-refractivity contribution in [1.82, 2.24) is 0 Å². The van der Waals surface area contributed by atoms with Gasteiger partial charge in [0.2, 0.25) is 0 Å². The maximum Gasteiger partial charge on any atom is 0.306 e. The van der Waals surface area contributed by atoms with Gasteiger partial charge >= 0.3 is 11.9 Å². The highest BCUT2D eigenvalue weighted by Gasteiger charge is 2.25. The molecule has 0 radical (unpaired) electrons. The number of carbonyl (C=O) groups excluding carboxylic acids is 3. The number of aliphatic carboxylic acids is 1. The number of allylic oxidation sites excluding steroid dienone is 18. The summed E-state index contributed by atoms with van der Waals surface area (Å²) in [5, 5.41) is 11.7. The highest BCUT2D eigenvalue weighted by Crippen LogP contribution is 2.12. The molecule has 362 valence electrons. The zero-order valence-corrected chi connectivity index (χ0v) is 41.2. The maximum atomic E-state index is 12.8. The zero-order chi connectivity index (χ0) is 47.0. The van der Waals surface area contributed by atoms with E-state index in [0.29, 0.717) is 6.42 Å². The fourth-order valence-corrected chi connectivity index (χ4v) is 6.55. The van der Waals surface area contributed by atoms with Gasteiger partial charge < -0.3 is 28.6 Å². The molecule has 8 heteroatoms. The Bertz CT molecular complexity index is 1410. The highest BCUT2D eigenvalue weighted by atomic mass is 16.6. The zero-order valence-electron chi connectivity index (χ0n) is 41.2. The topological polar surface area (TPSA) is 102 Å². The lowest BCUT2D eigenvalue weighted by Crippen LogP contribution is -2.55. The molecule has 64 heavy (non-hydrogen) atoms. The Hall–Kier alpha value is -4.01. The summed E-state index contributed by atoms with van der Waals surface area (Å²) in [6, 6.07) is -0.743. The molecule has 0 spiro atoms. The third-order valence-electron chi connectivity index (χ3n) is 10.4. The Morgan fingerprint density at radius 3 is 1.33 bits per heavy atom. The second-order valence-corrected chi connectivity index (χ2v) is 17.3. The number of esters is 2. The molecule has 0 aromatic carbocycles. The number of likely N-dealkylation sites (N-methyl/N-ethyl adjacent to an activating group) is 1. The average Bonchev–Trinajstić information content (AvgIpc) is 3.26. The predicted molar refractivity (Wildman–Crippen MR) is 268 cm³/mol. The van der Waals surface area contributed by atoms with Crippen LogP contribution in [0.25, 0.3) is 0 Å². The number of rotatable bonds is 43. The molecule has 0 aliphatic heterocycles. The van der Waals surface area contributed by atoms with Gasteiger partial charge in [-0.05, 0) is 103 Å². The van der Waals surface area contributed by atoms with Crippen LogP contribution in [0.4, 0.5) is 0 Å². The van der Waals surface area contributed by atoms with E-state index in [1.165, 1.54) is 38.5 Å². The molecule has 0 amide bonds. The third kappa shape index (κ3) is 43.3. The van der Waals surface area contributed by atoms with Crippen LogP contribution >= 0.6 is 0 Å². The smallest absolute Gasteiger partial charge is 0.306 e. The minimum atomic E-state index is -1.14. The lowest BCUT2D eigenvalue weighted by molar-refractivity contribution is -0.889. The van der Waals surface area contributed by atoms with E-state index in [-0.39, 0.29) is 55.5 Å². The van der Waals surface area contributed by atoms with Crippen LogP contribution in [-0.4, -0.2) is 75.5 Å². The van der Waals surface area contributed by atoms with Crippen molar-refractivity contribution in [2.24, 2.45) is 0 Å². The maximum absolute atomic E-state index is 12.8. The van der Waals surface area contributed by atoms with Crippen molar-refractivity contribution in [1.29, 1.82) is 0 Å². The van der Waals surface area contributed by atoms with Crippen LogP contribution in [0.3, 0.4) is 0 Å². The molecular weight excluding hydrogens is 799 g/mol. The van der Waals surface area contributed by atoms with Gasteiger partial charge in [-0.3, -0.25) is 9.59 Å². The van der Waals surface area contributed by atoms with Gasteiger partial charge in [0.25, 0.3) is 0 Å². The van der Waals surface area contributed by atoms with Crippen LogP contribution in [0, 0.1) is 0 Å². The van der Waals surface area contributed by atoms with Crippen LogP contribution in [0.5, 0.6) is 0 Å². The van der Waals surface area contributed by atoms with E-state index in [0.717, 1.165) is 96.3 Å². The first-order chi connectivity index (χ1) is 31.1. The van der Waals surface area contributed by atoms with Crippen LogP contribution in [0.2, 0.25) is 0 Å². The molecule has 0 rings (SSSR count). The molecule has 0 fully saturated rings. The second-order valence-electron chi connectivity index (χ2n) is 17.3. The van der Waals surface area contributed by atoms with Gasteiger partial charge in [-0.25, -0.2) is 0 Å². The minimum Gasteiger partial charge on any atom is -0.544 e. The molecule has 0 N–H and O–H groups in total. The number of quaternary nitrogens is 1. The number of ether oxygens (including phenoxy) is 3. The van der Waals surface area contributed by atoms with Gasteiger partial charge in [0.05, 0.1) is 40.3 Å². The molecule has 2 unspecified atom stereocenters. The molecule has 8 nitrogen and oxygen atoms in total. The molecule has 2 atom stereocenters. The van der Waals surface area contributed by atoms with Crippen molar-refractivity contribution in [2.75, 3.05) is 41.0 Å². The summed E-state index contributed by atoms with van der Waals surface area (Å²) in [5.74, 6) is -1.82. The van der Waals surface area contributed by atoms with E-state index in [1.54, 1.807) is 21.1 Å². The van der Waals surface area contributed by atoms with E-state index < -0.39 is 18.1 Å². The van der Waals surface area contributed by atoms with Gasteiger partial charge in [0.15, 0.2) is 6.10 Å². The Kier molecular flexibility index (Phi) is 42.7. The van der Waals surface area contributed by atoms with Crippen molar-refractivity contribution in [3.8, 4) is 0 Å². The summed E-state index contributed by atoms with van der Waals surface area (Å²) < 4.78 is 17.2. The number of nitrogens with zero attached hydrogens (tertiary/aromatic N) is 1. The summed E-state index contributed by atoms with van der Waals surface area (Å²) in [7, 11) is 5.38. The normalized spacial score (nSPS) is 13.8. The van der Waals surface area contributed by atoms with Gasteiger partial charge in [0, 0.05) is 19.3 Å². The van der Waals surface area contributed by atoms with Crippen LogP contribution in [0.15, 0.2) is 109 Å². The molecule has 0 aliphatic rings.